The van der Waals surface area contributed by atoms with Gasteiger partial charge in [-0.2, -0.15) is 0 Å². The summed E-state index contributed by atoms with van der Waals surface area (Å²) < 4.78 is 98.9. The van der Waals surface area contributed by atoms with Crippen LogP contribution in [0.4, 0.5) is 13.2 Å². The zero-order chi connectivity index (χ0) is 83.0. The van der Waals surface area contributed by atoms with E-state index in [0.717, 1.165) is 66.8 Å². The third kappa shape index (κ3) is 19.3. The van der Waals surface area contributed by atoms with Crippen LogP contribution >= 0.6 is 0 Å². The second-order valence-electron chi connectivity index (χ2n) is 30.5. The summed E-state index contributed by atoms with van der Waals surface area (Å²) in [6, 6.07) is 129. The lowest BCUT2D eigenvalue weighted by atomic mass is 9.80. The fourth-order valence-corrected chi connectivity index (χ4v) is 16.3. The van der Waals surface area contributed by atoms with Gasteiger partial charge < -0.3 is 52.8 Å². The Bertz CT molecular complexity index is 4410. The van der Waals surface area contributed by atoms with E-state index in [1.807, 2.05) is 305 Å². The molecule has 4 saturated heterocycles. The van der Waals surface area contributed by atoms with Crippen LogP contribution in [-0.4, -0.2) is 130 Å². The monoisotopic (exact) mass is 1610 g/mol. The summed E-state index contributed by atoms with van der Waals surface area (Å²) in [6.45, 7) is 5.33. The van der Waals surface area contributed by atoms with E-state index in [4.69, 9.17) is 42.6 Å². The van der Waals surface area contributed by atoms with E-state index < -0.39 is 83.5 Å². The number of carbonyl (C=O) groups excluding carboxylic acids is 1. The second-order valence-corrected chi connectivity index (χ2v) is 30.5. The van der Waals surface area contributed by atoms with Crippen LogP contribution in [0, 0.1) is 11.8 Å². The highest BCUT2D eigenvalue weighted by Crippen LogP contribution is 2.46. The van der Waals surface area contributed by atoms with Gasteiger partial charge >= 0.3 is 5.97 Å². The lowest BCUT2D eigenvalue weighted by molar-refractivity contribution is -0.0705. The lowest BCUT2D eigenvalue weighted by Crippen LogP contribution is -2.39. The molecular weight excluding hydrogens is 1510 g/mol. The Balaban J connectivity index is 0.000000132. The molecule has 0 amide bonds. The van der Waals surface area contributed by atoms with Crippen LogP contribution < -0.4 is 0 Å². The van der Waals surface area contributed by atoms with Crippen LogP contribution in [0.2, 0.25) is 0 Å². The first-order chi connectivity index (χ1) is 58.8. The van der Waals surface area contributed by atoms with Gasteiger partial charge in [-0.3, -0.25) is 0 Å². The maximum absolute atomic E-state index is 15.4. The molecule has 4 aliphatic heterocycles. The second kappa shape index (κ2) is 41.1. The first-order valence-electron chi connectivity index (χ1n) is 41.1. The number of halogens is 3. The standard InChI is InChI=1S/C31H27FO4.C25H25FO2.C25H26O3.C24H23FO3/c32-29-27(34-21-28(29)36-30(33)23-13-5-1-6-14-23)22-35-31(24-15-7-2-8-16-24,25-17-9-3-10-18-25)26-19-11-4-12-20-26;2*1-19-17-27-23(24(19)26)18-28-25(20-11-5-2-6-12-20,21-13-7-3-8-14-21)22-15-9-4-10-16-22;25-23-21(26)16-27-22(23)17-28-24(18-10-4-1-5-11-18,19-12-6-2-7-13-19)20-14-8-3-9-15-20/h1-20,27-29H,21-22H2;2-16,19,23-24H,17-18H2,1H3;2-16,19,23-24,26H,17-18H2,1H3;1-15,21-23,26H,16-17H2/t27-,28-,29-;19-,23-,24+;19-,23-,24-;21-,22-,23+/m1111/s1. The van der Waals surface area contributed by atoms with Gasteiger partial charge in [0.05, 0.1) is 64.5 Å². The smallest absolute Gasteiger partial charge is 0.338 e. The van der Waals surface area contributed by atoms with Gasteiger partial charge in [0.1, 0.15) is 59.1 Å². The summed E-state index contributed by atoms with van der Waals surface area (Å²) in [4.78, 5) is 12.4. The van der Waals surface area contributed by atoms with Crippen molar-refractivity contribution in [3.8, 4) is 0 Å². The maximum atomic E-state index is 15.4. The lowest BCUT2D eigenvalue weighted by Gasteiger charge is -2.37. The summed E-state index contributed by atoms with van der Waals surface area (Å²) >= 11 is 0. The quantitative estimate of drug-likeness (QED) is 0.0394. The predicted molar refractivity (Wildman–Crippen MR) is 460 cm³/mol. The summed E-state index contributed by atoms with van der Waals surface area (Å²) in [5.74, 6) is -0.554. The molecule has 13 aromatic carbocycles. The van der Waals surface area contributed by atoms with Crippen LogP contribution in [-0.2, 0) is 65.0 Å². The van der Waals surface area contributed by atoms with Gasteiger partial charge in [-0.1, -0.05) is 396 Å². The first-order valence-corrected chi connectivity index (χ1v) is 41.1. The molecule has 0 aromatic heterocycles. The van der Waals surface area contributed by atoms with Gasteiger partial charge in [0.15, 0.2) is 18.4 Å². The molecular formula is C105H101F3O12. The molecule has 0 bridgehead atoms. The molecule has 2 N–H and O–H groups in total. The minimum absolute atomic E-state index is 0.00972. The number of aliphatic hydroxyl groups excluding tert-OH is 2. The summed E-state index contributed by atoms with van der Waals surface area (Å²) in [5, 5.41) is 20.2. The van der Waals surface area contributed by atoms with Gasteiger partial charge in [-0.25, -0.2) is 18.0 Å². The average molecular weight is 1610 g/mol. The molecule has 0 saturated carbocycles. The number of rotatable bonds is 26. The minimum Gasteiger partial charge on any atom is -0.453 e. The van der Waals surface area contributed by atoms with Crippen LogP contribution in [0.5, 0.6) is 0 Å². The number of alkyl halides is 3. The van der Waals surface area contributed by atoms with Gasteiger partial charge in [0.25, 0.3) is 0 Å². The van der Waals surface area contributed by atoms with Crippen molar-refractivity contribution in [2.24, 2.45) is 11.8 Å². The van der Waals surface area contributed by atoms with E-state index in [1.165, 1.54) is 0 Å². The molecule has 13 aromatic rings. The third-order valence-electron chi connectivity index (χ3n) is 22.7. The Labute approximate surface area is 701 Å². The highest BCUT2D eigenvalue weighted by molar-refractivity contribution is 5.89. The largest absolute Gasteiger partial charge is 0.453 e. The van der Waals surface area contributed by atoms with Gasteiger partial charge in [0.2, 0.25) is 0 Å². The predicted octanol–water partition coefficient (Wildman–Crippen LogP) is 19.8. The van der Waals surface area contributed by atoms with Crippen molar-refractivity contribution < 1.29 is 70.8 Å². The molecule has 0 spiro atoms. The zero-order valence-corrected chi connectivity index (χ0v) is 67.2. The zero-order valence-electron chi connectivity index (χ0n) is 67.2. The molecule has 0 aliphatic carbocycles. The number of carbonyl (C=O) groups is 1. The molecule has 120 heavy (non-hydrogen) atoms. The number of hydrogen-bond donors (Lipinski definition) is 2. The minimum atomic E-state index is -1.52. The molecule has 0 unspecified atom stereocenters. The van der Waals surface area contributed by atoms with Crippen molar-refractivity contribution in [2.45, 2.75) is 97.5 Å². The molecule has 4 aliphatic rings. The van der Waals surface area contributed by atoms with Crippen molar-refractivity contribution >= 4 is 5.97 Å². The molecule has 0 radical (unpaired) electrons. The van der Waals surface area contributed by atoms with Crippen molar-refractivity contribution in [1.82, 2.24) is 0 Å². The van der Waals surface area contributed by atoms with E-state index in [0.29, 0.717) is 25.4 Å². The molecule has 614 valence electrons. The number of aliphatic hydroxyl groups is 2. The van der Waals surface area contributed by atoms with Crippen molar-refractivity contribution in [1.29, 1.82) is 0 Å². The van der Waals surface area contributed by atoms with E-state index in [2.05, 4.69) is 72.8 Å². The molecule has 17 rings (SSSR count). The number of benzene rings is 13. The van der Waals surface area contributed by atoms with Crippen LogP contribution in [0.3, 0.4) is 0 Å². The summed E-state index contributed by atoms with van der Waals surface area (Å²) in [7, 11) is 0. The van der Waals surface area contributed by atoms with Crippen LogP contribution in [0.15, 0.2) is 394 Å². The van der Waals surface area contributed by atoms with Gasteiger partial charge in [-0.15, -0.1) is 0 Å². The Hall–Kier alpha value is -11.3. The summed E-state index contributed by atoms with van der Waals surface area (Å²) in [5.41, 5.74) is 8.63. The highest BCUT2D eigenvalue weighted by atomic mass is 19.1. The molecule has 12 nitrogen and oxygen atoms in total. The summed E-state index contributed by atoms with van der Waals surface area (Å²) in [6.07, 6.45) is -9.16. The Morgan fingerprint density at radius 2 is 0.492 bits per heavy atom. The third-order valence-corrected chi connectivity index (χ3v) is 22.7. The van der Waals surface area contributed by atoms with Gasteiger partial charge in [-0.05, 0) is 78.9 Å². The fourth-order valence-electron chi connectivity index (χ4n) is 16.3. The topological polar surface area (TPSA) is 141 Å². The Kier molecular flexibility index (Phi) is 29.2. The Morgan fingerprint density at radius 3 is 0.717 bits per heavy atom. The molecule has 15 heteroatoms. The number of ether oxygens (including phenoxy) is 9. The normalized spacial score (nSPS) is 21.5. The molecule has 4 fully saturated rings. The Morgan fingerprint density at radius 1 is 0.283 bits per heavy atom. The van der Waals surface area contributed by atoms with Crippen LogP contribution in [0.25, 0.3) is 0 Å². The highest BCUT2D eigenvalue weighted by Gasteiger charge is 2.48. The van der Waals surface area contributed by atoms with E-state index in [-0.39, 0.29) is 51.0 Å². The van der Waals surface area contributed by atoms with E-state index >= 15 is 4.39 Å². The van der Waals surface area contributed by atoms with Crippen molar-refractivity contribution in [3.05, 3.63) is 467 Å². The van der Waals surface area contributed by atoms with E-state index in [1.54, 1.807) is 30.3 Å². The number of hydrogen-bond acceptors (Lipinski definition) is 12. The van der Waals surface area contributed by atoms with Crippen LogP contribution in [0.1, 0.15) is 91.0 Å². The van der Waals surface area contributed by atoms with Crippen molar-refractivity contribution in [2.75, 3.05) is 52.9 Å². The van der Waals surface area contributed by atoms with E-state index in [9.17, 15) is 23.8 Å². The maximum Gasteiger partial charge on any atom is 0.338 e. The first kappa shape index (κ1) is 85.1. The number of esters is 1. The van der Waals surface area contributed by atoms with Gasteiger partial charge in [0, 0.05) is 11.8 Å². The molecule has 4 heterocycles. The average Bonchev–Trinajstić information content (AvgIpc) is 1.10. The van der Waals surface area contributed by atoms with Crippen molar-refractivity contribution in [3.63, 3.8) is 0 Å². The fraction of sp³-hybridized carbons (Fsp3) is 0.248. The molecule has 12 atom stereocenters. The SMILES string of the molecule is C[C@@H]1CO[C@H](COC(c2ccccc2)(c2ccccc2)c2ccccc2)[C@@H]1O.C[C@@H]1CO[C@H](COC(c2ccccc2)(c2ccccc2)c2ccccc2)[C@H]1F.O=C(O[C@@H]1CO[C@H](COC(c2ccccc2)(c2ccccc2)c2ccccc2)[C@H]1F)c1ccccc1.O[C@@H]1CO[C@H](COC(c2ccccc2)(c2ccccc2)c2ccccc2)[C@H]1F.